The van der Waals surface area contributed by atoms with Crippen LogP contribution >= 0.6 is 23.2 Å². The minimum Gasteiger partial charge on any atom is -0.369 e. The lowest BCUT2D eigenvalue weighted by atomic mass is 9.90. The highest BCUT2D eigenvalue weighted by molar-refractivity contribution is 6.31. The van der Waals surface area contributed by atoms with Crippen molar-refractivity contribution in [2.75, 3.05) is 11.4 Å². The first kappa shape index (κ1) is 14.2. The molecule has 0 fully saturated rings. The Labute approximate surface area is 134 Å². The molecule has 0 amide bonds. The van der Waals surface area contributed by atoms with Crippen LogP contribution in [0.2, 0.25) is 10.0 Å². The van der Waals surface area contributed by atoms with Crippen molar-refractivity contribution < 1.29 is 0 Å². The largest absolute Gasteiger partial charge is 0.369 e. The number of benzene rings is 2. The topological polar surface area (TPSA) is 41.6 Å². The fraction of sp³-hybridized carbons (Fsp3) is 0.188. The van der Waals surface area contributed by atoms with Crippen LogP contribution in [-0.2, 0) is 5.54 Å². The van der Waals surface area contributed by atoms with Crippen molar-refractivity contribution in [2.24, 2.45) is 10.7 Å². The molecule has 21 heavy (non-hydrogen) atoms. The summed E-state index contributed by atoms with van der Waals surface area (Å²) < 4.78 is 0. The second-order valence-electron chi connectivity index (χ2n) is 5.27. The minimum absolute atomic E-state index is 0.358. The summed E-state index contributed by atoms with van der Waals surface area (Å²) in [5.41, 5.74) is 7.79. The van der Waals surface area contributed by atoms with E-state index in [9.17, 15) is 0 Å². The van der Waals surface area contributed by atoms with E-state index in [0.29, 0.717) is 22.5 Å². The molecule has 0 saturated heterocycles. The van der Waals surface area contributed by atoms with Gasteiger partial charge in [-0.2, -0.15) is 0 Å². The Morgan fingerprint density at radius 3 is 2.48 bits per heavy atom. The van der Waals surface area contributed by atoms with Crippen LogP contribution < -0.4 is 10.6 Å². The van der Waals surface area contributed by atoms with E-state index in [1.165, 1.54) is 0 Å². The van der Waals surface area contributed by atoms with Gasteiger partial charge in [-0.25, -0.2) is 0 Å². The Balaban J connectivity index is 2.07. The molecule has 2 aromatic carbocycles. The summed E-state index contributed by atoms with van der Waals surface area (Å²) in [7, 11) is 0. The highest BCUT2D eigenvalue weighted by atomic mass is 35.5. The predicted octanol–water partition coefficient (Wildman–Crippen LogP) is 4.04. The first-order chi connectivity index (χ1) is 10.0. The average Bonchev–Trinajstić information content (AvgIpc) is 2.77. The molecule has 5 heteroatoms. The molecule has 2 aromatic rings. The summed E-state index contributed by atoms with van der Waals surface area (Å²) in [6, 6.07) is 15.4. The van der Waals surface area contributed by atoms with Gasteiger partial charge in [-0.15, -0.1) is 0 Å². The summed E-state index contributed by atoms with van der Waals surface area (Å²) in [6.45, 7) is 2.69. The van der Waals surface area contributed by atoms with Crippen molar-refractivity contribution in [1.29, 1.82) is 0 Å². The number of rotatable bonds is 2. The zero-order chi connectivity index (χ0) is 15.0. The number of hydrogen-bond donors (Lipinski definition) is 1. The number of hydrogen-bond acceptors (Lipinski definition) is 3. The molecule has 0 aromatic heterocycles. The van der Waals surface area contributed by atoms with Gasteiger partial charge in [0.2, 0.25) is 0 Å². The van der Waals surface area contributed by atoms with Crippen molar-refractivity contribution in [3.8, 4) is 0 Å². The predicted molar refractivity (Wildman–Crippen MR) is 89.2 cm³/mol. The Morgan fingerprint density at radius 1 is 1.10 bits per heavy atom. The second kappa shape index (κ2) is 5.24. The van der Waals surface area contributed by atoms with Crippen LogP contribution in [0.4, 0.5) is 5.69 Å². The number of anilines is 1. The molecule has 1 aliphatic heterocycles. The van der Waals surface area contributed by atoms with E-state index in [1.54, 1.807) is 0 Å². The fourth-order valence-electron chi connectivity index (χ4n) is 2.68. The summed E-state index contributed by atoms with van der Waals surface area (Å²) in [6.07, 6.45) is 0. The minimum atomic E-state index is -0.358. The number of nitrogens with zero attached hydrogens (tertiary/aromatic N) is 2. The van der Waals surface area contributed by atoms with Crippen molar-refractivity contribution >= 4 is 34.8 Å². The first-order valence-corrected chi connectivity index (χ1v) is 7.38. The van der Waals surface area contributed by atoms with Gasteiger partial charge in [-0.1, -0.05) is 35.3 Å². The van der Waals surface area contributed by atoms with Crippen LogP contribution in [0.5, 0.6) is 0 Å². The van der Waals surface area contributed by atoms with Gasteiger partial charge in [-0.05, 0) is 48.9 Å². The van der Waals surface area contributed by atoms with E-state index in [2.05, 4.69) is 11.9 Å². The fourth-order valence-corrected chi connectivity index (χ4v) is 3.00. The monoisotopic (exact) mass is 319 g/mol. The molecule has 108 valence electrons. The number of guanidine groups is 1. The van der Waals surface area contributed by atoms with Gasteiger partial charge in [-0.3, -0.25) is 4.99 Å². The van der Waals surface area contributed by atoms with Crippen LogP contribution in [0, 0.1) is 0 Å². The zero-order valence-electron chi connectivity index (χ0n) is 11.6. The molecule has 3 rings (SSSR count). The van der Waals surface area contributed by atoms with Gasteiger partial charge in [0.05, 0.1) is 12.1 Å². The van der Waals surface area contributed by atoms with Gasteiger partial charge >= 0.3 is 0 Å². The number of aliphatic imine (C=N–C) groups is 1. The third-order valence-corrected chi connectivity index (χ3v) is 4.29. The van der Waals surface area contributed by atoms with Crippen molar-refractivity contribution in [3.63, 3.8) is 0 Å². The number of halogens is 2. The first-order valence-electron chi connectivity index (χ1n) is 6.62. The van der Waals surface area contributed by atoms with Crippen molar-refractivity contribution in [3.05, 3.63) is 64.1 Å². The van der Waals surface area contributed by atoms with Crippen LogP contribution in [0.15, 0.2) is 53.5 Å². The average molecular weight is 320 g/mol. The summed E-state index contributed by atoms with van der Waals surface area (Å²) in [5.74, 6) is 0.500. The maximum Gasteiger partial charge on any atom is 0.196 e. The lowest BCUT2D eigenvalue weighted by Crippen LogP contribution is -2.47. The highest BCUT2D eigenvalue weighted by Gasteiger charge is 2.40. The molecule has 0 saturated carbocycles. The molecule has 1 aliphatic rings. The molecule has 1 heterocycles. The van der Waals surface area contributed by atoms with E-state index in [0.717, 1.165) is 11.3 Å². The second-order valence-corrected chi connectivity index (χ2v) is 6.14. The van der Waals surface area contributed by atoms with Gasteiger partial charge in [0.25, 0.3) is 0 Å². The molecule has 3 nitrogen and oxygen atoms in total. The number of nitrogens with two attached hydrogens (primary N) is 1. The van der Waals surface area contributed by atoms with E-state index in [1.807, 2.05) is 53.4 Å². The molecular weight excluding hydrogens is 305 g/mol. The van der Waals surface area contributed by atoms with Crippen molar-refractivity contribution in [1.82, 2.24) is 0 Å². The molecule has 0 spiro atoms. The molecule has 1 unspecified atom stereocenters. The lowest BCUT2D eigenvalue weighted by Gasteiger charge is -2.36. The van der Waals surface area contributed by atoms with E-state index < -0.39 is 0 Å². The Morgan fingerprint density at radius 2 is 1.81 bits per heavy atom. The van der Waals surface area contributed by atoms with Gasteiger partial charge in [0.15, 0.2) is 5.96 Å². The Bertz CT molecular complexity index is 697. The van der Waals surface area contributed by atoms with Crippen LogP contribution in [0.3, 0.4) is 0 Å². The quantitative estimate of drug-likeness (QED) is 0.907. The summed E-state index contributed by atoms with van der Waals surface area (Å²) in [4.78, 5) is 6.44. The van der Waals surface area contributed by atoms with Gasteiger partial charge in [0.1, 0.15) is 0 Å². The van der Waals surface area contributed by atoms with E-state index >= 15 is 0 Å². The summed E-state index contributed by atoms with van der Waals surface area (Å²) >= 11 is 12.1. The molecule has 2 N–H and O–H groups in total. The van der Waals surface area contributed by atoms with Gasteiger partial charge in [0, 0.05) is 15.7 Å². The van der Waals surface area contributed by atoms with Crippen LogP contribution in [0.1, 0.15) is 12.5 Å². The molecule has 0 bridgehead atoms. The Hall–Kier alpha value is -1.71. The highest BCUT2D eigenvalue weighted by Crippen LogP contribution is 2.37. The maximum absolute atomic E-state index is 6.13. The molecular formula is C16H15Cl2N3. The molecule has 0 radical (unpaired) electrons. The van der Waals surface area contributed by atoms with E-state index in [-0.39, 0.29) is 5.54 Å². The SMILES string of the molecule is CC1(c2cccc(Cl)c2)CN=C(N)N1c1ccc(Cl)cc1. The third kappa shape index (κ3) is 2.47. The van der Waals surface area contributed by atoms with Crippen LogP contribution in [-0.4, -0.2) is 12.5 Å². The van der Waals surface area contributed by atoms with E-state index in [4.69, 9.17) is 28.9 Å². The summed E-state index contributed by atoms with van der Waals surface area (Å²) in [5, 5.41) is 1.40. The Kier molecular flexibility index (Phi) is 3.56. The standard InChI is InChI=1S/C16H15Cl2N3/c1-16(11-3-2-4-13(18)9-11)10-20-15(19)21(16)14-7-5-12(17)6-8-14/h2-9H,10H2,1H3,(H2,19,20). The van der Waals surface area contributed by atoms with Gasteiger partial charge < -0.3 is 10.6 Å². The lowest BCUT2D eigenvalue weighted by molar-refractivity contribution is 0.533. The molecule has 0 aliphatic carbocycles. The molecule has 1 atom stereocenters. The third-order valence-electron chi connectivity index (χ3n) is 3.80. The van der Waals surface area contributed by atoms with Crippen molar-refractivity contribution in [2.45, 2.75) is 12.5 Å². The normalized spacial score (nSPS) is 21.5. The smallest absolute Gasteiger partial charge is 0.196 e. The maximum atomic E-state index is 6.13. The zero-order valence-corrected chi connectivity index (χ0v) is 13.1. The van der Waals surface area contributed by atoms with Crippen LogP contribution in [0.25, 0.3) is 0 Å².